The average Bonchev–Trinajstić information content (AvgIpc) is 2.35. The summed E-state index contributed by atoms with van der Waals surface area (Å²) in [5, 5.41) is 9.31. The van der Waals surface area contributed by atoms with Crippen LogP contribution in [-0.2, 0) is 4.92 Å². The monoisotopic (exact) mass is 645 g/mol. The molecular formula is C12H7I3NO3V. The Morgan fingerprint density at radius 1 is 1.10 bits per heavy atom. The minimum atomic E-state index is -0.278. The zero-order valence-corrected chi connectivity index (χ0v) is 17.6. The topological polar surface area (TPSA) is 63.3 Å². The Morgan fingerprint density at radius 3 is 2.50 bits per heavy atom. The molecule has 0 radical (unpaired) electrons. The molecule has 1 aliphatic carbocycles. The Balaban J connectivity index is 0.000000328. The first-order valence-corrected chi connectivity index (χ1v) is 18.8. The maximum atomic E-state index is 11.1. The molecule has 1 N–H and O–H groups in total. The van der Waals surface area contributed by atoms with E-state index in [9.17, 15) is 9.90 Å². The molecule has 0 spiro atoms. The van der Waals surface area contributed by atoms with E-state index in [0.29, 0.717) is 22.6 Å². The number of hydrogen-bond donors (Lipinski definition) is 1. The van der Waals surface area contributed by atoms with Gasteiger partial charge in [-0.05, 0) is 24.3 Å². The molecular weight excluding hydrogens is 638 g/mol. The van der Waals surface area contributed by atoms with Gasteiger partial charge in [0.1, 0.15) is 17.0 Å². The van der Waals surface area contributed by atoms with Crippen molar-refractivity contribution in [3.63, 3.8) is 0 Å². The summed E-state index contributed by atoms with van der Waals surface area (Å²) in [7, 11) is 0. The molecule has 0 bridgehead atoms. The molecule has 1 aliphatic heterocycles. The van der Waals surface area contributed by atoms with Crippen molar-refractivity contribution >= 4 is 71.0 Å². The van der Waals surface area contributed by atoms with Crippen LogP contribution in [0.3, 0.4) is 0 Å². The molecule has 0 saturated carbocycles. The number of aromatic nitrogens is 1. The maximum absolute atomic E-state index is 11.1. The van der Waals surface area contributed by atoms with Gasteiger partial charge in [0.15, 0.2) is 16.8 Å². The van der Waals surface area contributed by atoms with Crippen LogP contribution in [0, 0.1) is 0 Å². The first-order valence-electron chi connectivity index (χ1n) is 5.27. The summed E-state index contributed by atoms with van der Waals surface area (Å²) in [5.41, 5.74) is 1.59. The van der Waals surface area contributed by atoms with Crippen LogP contribution in [0.1, 0.15) is 0 Å². The second kappa shape index (κ2) is 7.61. The second-order valence-electron chi connectivity index (χ2n) is 3.69. The van der Waals surface area contributed by atoms with Gasteiger partial charge in [-0.15, -0.1) is 0 Å². The van der Waals surface area contributed by atoms with Crippen molar-refractivity contribution in [1.29, 1.82) is 0 Å². The van der Waals surface area contributed by atoms with Gasteiger partial charge in [0.25, 0.3) is 0 Å². The van der Waals surface area contributed by atoms with Crippen molar-refractivity contribution in [2.45, 2.75) is 0 Å². The Morgan fingerprint density at radius 2 is 1.80 bits per heavy atom. The molecule has 3 rings (SSSR count). The molecule has 0 amide bonds. The predicted octanol–water partition coefficient (Wildman–Crippen LogP) is 4.65. The van der Waals surface area contributed by atoms with Crippen molar-refractivity contribution in [2.75, 3.05) is 0 Å². The van der Waals surface area contributed by atoms with Gasteiger partial charge in [-0.2, -0.15) is 0 Å². The number of halogens is 3. The van der Waals surface area contributed by atoms with Gasteiger partial charge in [-0.3, -0.25) is 4.79 Å². The first-order chi connectivity index (χ1) is 9.45. The van der Waals surface area contributed by atoms with E-state index in [0.717, 1.165) is 0 Å². The number of phenols is 1. The van der Waals surface area contributed by atoms with E-state index in [1.54, 1.807) is 18.2 Å². The van der Waals surface area contributed by atoms with Crippen molar-refractivity contribution in [3.05, 3.63) is 46.6 Å². The van der Waals surface area contributed by atoms with E-state index in [1.807, 2.05) is 0 Å². The fourth-order valence-electron chi connectivity index (χ4n) is 1.59. The average molecular weight is 645 g/mol. The zero-order valence-electron chi connectivity index (χ0n) is 9.76. The molecule has 0 aromatic heterocycles. The van der Waals surface area contributed by atoms with Gasteiger partial charge >= 0.3 is 64.9 Å². The summed E-state index contributed by atoms with van der Waals surface area (Å²) in [6.45, 7) is 0. The number of rotatable bonds is 0. The van der Waals surface area contributed by atoms with Gasteiger partial charge in [0.05, 0.1) is 0 Å². The minimum absolute atomic E-state index is 0.107. The second-order valence-corrected chi connectivity index (χ2v) is 39.1. The van der Waals surface area contributed by atoms with E-state index in [1.165, 1.54) is 18.2 Å². The normalized spacial score (nSPS) is 10.6. The summed E-state index contributed by atoms with van der Waals surface area (Å²) < 4.78 is 5.49. The molecule has 4 nitrogen and oxygen atoms in total. The molecule has 2 aliphatic rings. The Bertz CT molecular complexity index is 760. The van der Waals surface area contributed by atoms with Crippen molar-refractivity contribution in [2.24, 2.45) is 0 Å². The van der Waals surface area contributed by atoms with Crippen LogP contribution in [0.25, 0.3) is 22.6 Å². The van der Waals surface area contributed by atoms with Crippen molar-refractivity contribution < 1.29 is 14.4 Å². The number of phenolic OH excluding ortho intramolecular Hbond substituents is 1. The standard InChI is InChI=1S/C12H7NO3.3HI.V/c14-7-1-3-9-11(5-7)16-12-6-8(15)2-4-10(12)13-9;;;;/h1-6,14H;3*1H;/q;;;;+3/p-3. The van der Waals surface area contributed by atoms with E-state index in [-0.39, 0.29) is 16.1 Å². The molecule has 8 heteroatoms. The summed E-state index contributed by atoms with van der Waals surface area (Å²) in [5.74, 6) is 0.529. The third kappa shape index (κ3) is 4.72. The van der Waals surface area contributed by atoms with Crippen molar-refractivity contribution in [3.8, 4) is 17.2 Å². The van der Waals surface area contributed by atoms with Gasteiger partial charge in [-0.1, -0.05) is 0 Å². The number of benzene rings is 2. The molecule has 0 saturated heterocycles. The predicted molar refractivity (Wildman–Crippen MR) is 101 cm³/mol. The number of nitrogens with zero attached hydrogens (tertiary/aromatic N) is 1. The van der Waals surface area contributed by atoms with E-state index >= 15 is 0 Å². The van der Waals surface area contributed by atoms with Crippen LogP contribution in [0.15, 0.2) is 45.6 Å². The molecule has 0 fully saturated rings. The van der Waals surface area contributed by atoms with E-state index < -0.39 is 0 Å². The SMILES string of the molecule is O=c1ccc2nc3ccc(O)cc3oc-2c1.[I][V]([I])[I]. The summed E-state index contributed by atoms with van der Waals surface area (Å²) >= 11 is 7.39. The fraction of sp³-hybridized carbons (Fsp3) is 0. The molecule has 104 valence electrons. The molecule has 20 heavy (non-hydrogen) atoms. The van der Waals surface area contributed by atoms with Crippen LogP contribution in [0.2, 0.25) is 0 Å². The van der Waals surface area contributed by atoms with Gasteiger partial charge < -0.3 is 9.52 Å². The first kappa shape index (κ1) is 16.8. The van der Waals surface area contributed by atoms with Crippen LogP contribution < -0.4 is 5.43 Å². The number of aromatic hydroxyl groups is 1. The summed E-state index contributed by atoms with van der Waals surface area (Å²) in [4.78, 5) is 15.2. The summed E-state index contributed by atoms with van der Waals surface area (Å²) in [6, 6.07) is 9.12. The van der Waals surface area contributed by atoms with Crippen LogP contribution in [-0.4, -0.2) is 10.1 Å². The van der Waals surface area contributed by atoms with E-state index in [2.05, 4.69) is 64.9 Å². The summed E-state index contributed by atoms with van der Waals surface area (Å²) in [6.07, 6.45) is 0. The molecule has 0 unspecified atom stereocenters. The molecule has 0 atom stereocenters. The number of fused-ring (bicyclic) bond motifs is 2. The van der Waals surface area contributed by atoms with E-state index in [4.69, 9.17) is 4.42 Å². The van der Waals surface area contributed by atoms with Crippen molar-refractivity contribution in [1.82, 2.24) is 4.98 Å². The van der Waals surface area contributed by atoms with Gasteiger partial charge in [0.2, 0.25) is 0 Å². The fourth-order valence-corrected chi connectivity index (χ4v) is 1.59. The zero-order chi connectivity index (χ0) is 14.7. The van der Waals surface area contributed by atoms with Crippen LogP contribution >= 0.6 is 59.9 Å². The van der Waals surface area contributed by atoms with Gasteiger partial charge in [-0.25, -0.2) is 4.98 Å². The third-order valence-electron chi connectivity index (χ3n) is 2.34. The molecule has 1 aromatic rings. The Labute approximate surface area is 152 Å². The van der Waals surface area contributed by atoms with Crippen LogP contribution in [0.5, 0.6) is 5.75 Å². The quantitative estimate of drug-likeness (QED) is 0.286. The third-order valence-corrected chi connectivity index (χ3v) is 2.34. The molecule has 1 heterocycles. The Kier molecular flexibility index (Phi) is 6.38. The number of hydrogen-bond acceptors (Lipinski definition) is 4. The molecule has 1 aromatic carbocycles. The van der Waals surface area contributed by atoms with Crippen LogP contribution in [0.4, 0.5) is 0 Å². The van der Waals surface area contributed by atoms with Gasteiger partial charge in [0, 0.05) is 12.1 Å². The Hall–Kier alpha value is 0.414.